The third-order valence-electron chi connectivity index (χ3n) is 2.79. The first-order valence-electron chi connectivity index (χ1n) is 6.51. The number of rotatable bonds is 3. The standard InChI is InChI=1S/C12H23N3O3/c1-4-18-12(17)14-10-5-7-15(8-6-10)11(16)13-9(2)3/h9-10H,4-8H2,1-3H3,(H,13,16)(H,14,17). The molecule has 18 heavy (non-hydrogen) atoms. The highest BCUT2D eigenvalue weighted by atomic mass is 16.5. The average molecular weight is 257 g/mol. The summed E-state index contributed by atoms with van der Waals surface area (Å²) in [6.45, 7) is 7.35. The summed E-state index contributed by atoms with van der Waals surface area (Å²) >= 11 is 0. The lowest BCUT2D eigenvalue weighted by atomic mass is 10.1. The number of nitrogens with one attached hydrogen (secondary N) is 2. The average Bonchev–Trinajstić information content (AvgIpc) is 2.29. The number of alkyl carbamates (subject to hydrolysis) is 1. The van der Waals surface area contributed by atoms with Crippen molar-refractivity contribution in [3.63, 3.8) is 0 Å². The third-order valence-corrected chi connectivity index (χ3v) is 2.79. The van der Waals surface area contributed by atoms with Crippen LogP contribution in [0.2, 0.25) is 0 Å². The highest BCUT2D eigenvalue weighted by Crippen LogP contribution is 2.10. The molecule has 1 fully saturated rings. The van der Waals surface area contributed by atoms with Gasteiger partial charge in [-0.3, -0.25) is 0 Å². The maximum atomic E-state index is 11.7. The number of hydrogen-bond acceptors (Lipinski definition) is 3. The van der Waals surface area contributed by atoms with Gasteiger partial charge < -0.3 is 20.3 Å². The molecule has 0 aromatic rings. The van der Waals surface area contributed by atoms with Crippen molar-refractivity contribution in [2.45, 2.75) is 45.7 Å². The zero-order valence-corrected chi connectivity index (χ0v) is 11.4. The number of piperidine rings is 1. The van der Waals surface area contributed by atoms with Crippen molar-refractivity contribution >= 4 is 12.1 Å². The molecule has 0 spiro atoms. The highest BCUT2D eigenvalue weighted by Gasteiger charge is 2.24. The largest absolute Gasteiger partial charge is 0.450 e. The molecule has 6 nitrogen and oxygen atoms in total. The zero-order valence-electron chi connectivity index (χ0n) is 11.4. The molecule has 104 valence electrons. The lowest BCUT2D eigenvalue weighted by Crippen LogP contribution is -2.50. The van der Waals surface area contributed by atoms with Gasteiger partial charge >= 0.3 is 12.1 Å². The van der Waals surface area contributed by atoms with E-state index in [0.29, 0.717) is 19.7 Å². The molecule has 1 saturated heterocycles. The zero-order chi connectivity index (χ0) is 13.5. The van der Waals surface area contributed by atoms with E-state index in [1.165, 1.54) is 0 Å². The molecule has 0 aromatic heterocycles. The van der Waals surface area contributed by atoms with Crippen molar-refractivity contribution in [3.8, 4) is 0 Å². The molecule has 0 unspecified atom stereocenters. The molecule has 0 atom stereocenters. The summed E-state index contributed by atoms with van der Waals surface area (Å²) < 4.78 is 4.83. The van der Waals surface area contributed by atoms with Crippen LogP contribution in [0.4, 0.5) is 9.59 Å². The van der Waals surface area contributed by atoms with E-state index in [2.05, 4.69) is 10.6 Å². The summed E-state index contributed by atoms with van der Waals surface area (Å²) in [6, 6.07) is 0.222. The van der Waals surface area contributed by atoms with Gasteiger partial charge in [0.2, 0.25) is 0 Å². The molecule has 6 heteroatoms. The quantitative estimate of drug-likeness (QED) is 0.801. The highest BCUT2D eigenvalue weighted by molar-refractivity contribution is 5.74. The first-order chi connectivity index (χ1) is 8.52. The minimum atomic E-state index is -0.373. The van der Waals surface area contributed by atoms with Gasteiger partial charge in [-0.2, -0.15) is 0 Å². The van der Waals surface area contributed by atoms with E-state index >= 15 is 0 Å². The molecule has 0 aromatic carbocycles. The molecule has 0 radical (unpaired) electrons. The molecule has 1 heterocycles. The fraction of sp³-hybridized carbons (Fsp3) is 0.833. The van der Waals surface area contributed by atoms with Crippen molar-refractivity contribution in [2.75, 3.05) is 19.7 Å². The van der Waals surface area contributed by atoms with Crippen LogP contribution in [0.25, 0.3) is 0 Å². The Labute approximate surface area is 108 Å². The van der Waals surface area contributed by atoms with Crippen molar-refractivity contribution < 1.29 is 14.3 Å². The topological polar surface area (TPSA) is 70.7 Å². The molecule has 1 aliphatic heterocycles. The summed E-state index contributed by atoms with van der Waals surface area (Å²) in [5.74, 6) is 0. The molecule has 1 rings (SSSR count). The maximum Gasteiger partial charge on any atom is 0.407 e. The first-order valence-corrected chi connectivity index (χ1v) is 6.51. The second kappa shape index (κ2) is 7.08. The predicted octanol–water partition coefficient (Wildman–Crippen LogP) is 1.31. The van der Waals surface area contributed by atoms with Gasteiger partial charge in [-0.1, -0.05) is 0 Å². The molecule has 1 aliphatic rings. The summed E-state index contributed by atoms with van der Waals surface area (Å²) in [5.41, 5.74) is 0. The number of urea groups is 1. The number of hydrogen-bond donors (Lipinski definition) is 2. The maximum absolute atomic E-state index is 11.7. The Kier molecular flexibility index (Phi) is 5.74. The fourth-order valence-electron chi connectivity index (χ4n) is 1.90. The summed E-state index contributed by atoms with van der Waals surface area (Å²) in [4.78, 5) is 24.8. The molecular formula is C12H23N3O3. The van der Waals surface area contributed by atoms with Gasteiger partial charge in [-0.05, 0) is 33.6 Å². The second-order valence-electron chi connectivity index (χ2n) is 4.73. The van der Waals surface area contributed by atoms with E-state index in [9.17, 15) is 9.59 Å². The van der Waals surface area contributed by atoms with E-state index < -0.39 is 0 Å². The van der Waals surface area contributed by atoms with Crippen molar-refractivity contribution in [2.24, 2.45) is 0 Å². The lowest BCUT2D eigenvalue weighted by molar-refractivity contribution is 0.138. The molecule has 0 saturated carbocycles. The Balaban J connectivity index is 2.28. The molecule has 2 N–H and O–H groups in total. The number of carbonyl (C=O) groups excluding carboxylic acids is 2. The van der Waals surface area contributed by atoms with Crippen LogP contribution in [0, 0.1) is 0 Å². The van der Waals surface area contributed by atoms with E-state index in [4.69, 9.17) is 4.74 Å². The van der Waals surface area contributed by atoms with E-state index in [1.807, 2.05) is 13.8 Å². The number of amides is 3. The first kappa shape index (κ1) is 14.6. The minimum absolute atomic E-state index is 0.0282. The monoisotopic (exact) mass is 257 g/mol. The van der Waals surface area contributed by atoms with E-state index in [0.717, 1.165) is 12.8 Å². The van der Waals surface area contributed by atoms with E-state index in [1.54, 1.807) is 11.8 Å². The molecule has 0 aliphatic carbocycles. The van der Waals surface area contributed by atoms with Crippen LogP contribution in [-0.2, 0) is 4.74 Å². The Hall–Kier alpha value is -1.46. The van der Waals surface area contributed by atoms with Crippen molar-refractivity contribution in [1.29, 1.82) is 0 Å². The van der Waals surface area contributed by atoms with Gasteiger partial charge in [0.25, 0.3) is 0 Å². The number of likely N-dealkylation sites (tertiary alicyclic amines) is 1. The van der Waals surface area contributed by atoms with Crippen molar-refractivity contribution in [1.82, 2.24) is 15.5 Å². The van der Waals surface area contributed by atoms with Gasteiger partial charge in [-0.15, -0.1) is 0 Å². The van der Waals surface area contributed by atoms with Gasteiger partial charge in [-0.25, -0.2) is 9.59 Å². The SMILES string of the molecule is CCOC(=O)NC1CCN(C(=O)NC(C)C)CC1. The Morgan fingerprint density at radius 1 is 1.33 bits per heavy atom. The van der Waals surface area contributed by atoms with Crippen molar-refractivity contribution in [3.05, 3.63) is 0 Å². The van der Waals surface area contributed by atoms with Gasteiger partial charge in [0.15, 0.2) is 0 Å². The fourth-order valence-corrected chi connectivity index (χ4v) is 1.90. The van der Waals surface area contributed by atoms with Gasteiger partial charge in [0.05, 0.1) is 6.61 Å². The van der Waals surface area contributed by atoms with Crippen LogP contribution in [-0.4, -0.2) is 48.8 Å². The Morgan fingerprint density at radius 3 is 2.44 bits per heavy atom. The molecular weight excluding hydrogens is 234 g/mol. The van der Waals surface area contributed by atoms with Crippen LogP contribution in [0.1, 0.15) is 33.6 Å². The summed E-state index contributed by atoms with van der Waals surface area (Å²) in [6.07, 6.45) is 1.16. The minimum Gasteiger partial charge on any atom is -0.450 e. The predicted molar refractivity (Wildman–Crippen MR) is 68.4 cm³/mol. The van der Waals surface area contributed by atoms with Crippen LogP contribution < -0.4 is 10.6 Å². The van der Waals surface area contributed by atoms with Crippen LogP contribution in [0.5, 0.6) is 0 Å². The lowest BCUT2D eigenvalue weighted by Gasteiger charge is -2.32. The number of carbonyl (C=O) groups is 2. The van der Waals surface area contributed by atoms with Gasteiger partial charge in [0.1, 0.15) is 0 Å². The summed E-state index contributed by atoms with van der Waals surface area (Å²) in [5, 5.41) is 5.66. The smallest absolute Gasteiger partial charge is 0.407 e. The van der Waals surface area contributed by atoms with E-state index in [-0.39, 0.29) is 24.2 Å². The Morgan fingerprint density at radius 2 is 1.94 bits per heavy atom. The molecule has 0 bridgehead atoms. The molecule has 3 amide bonds. The second-order valence-corrected chi connectivity index (χ2v) is 4.73. The third kappa shape index (κ3) is 4.81. The van der Waals surface area contributed by atoms with Crippen LogP contribution in [0.15, 0.2) is 0 Å². The Bertz CT molecular complexity index is 286. The van der Waals surface area contributed by atoms with Crippen LogP contribution in [0.3, 0.4) is 0 Å². The number of nitrogens with zero attached hydrogens (tertiary/aromatic N) is 1. The van der Waals surface area contributed by atoms with Gasteiger partial charge in [0, 0.05) is 25.2 Å². The van der Waals surface area contributed by atoms with Crippen LogP contribution >= 0.6 is 0 Å². The number of ether oxygens (including phenoxy) is 1. The normalized spacial score (nSPS) is 16.6. The summed E-state index contributed by atoms with van der Waals surface area (Å²) in [7, 11) is 0.